The van der Waals surface area contributed by atoms with Gasteiger partial charge in [0.15, 0.2) is 4.73 Å². The maximum absolute atomic E-state index is 13.0. The van der Waals surface area contributed by atoms with Crippen LogP contribution in [0, 0.1) is 6.92 Å². The topological polar surface area (TPSA) is 79.1 Å². The number of ether oxygens (including phenoxy) is 1. The maximum atomic E-state index is 13.0. The number of nitrogens with zero attached hydrogens (tertiary/aromatic N) is 2. The lowest BCUT2D eigenvalue weighted by molar-refractivity contribution is -0.137. The Bertz CT molecular complexity index is 697. The van der Waals surface area contributed by atoms with E-state index in [4.69, 9.17) is 16.2 Å². The van der Waals surface area contributed by atoms with Gasteiger partial charge in [-0.25, -0.2) is 4.98 Å². The van der Waals surface area contributed by atoms with E-state index in [9.17, 15) is 13.2 Å². The van der Waals surface area contributed by atoms with Crippen LogP contribution in [0.15, 0.2) is 16.9 Å². The van der Waals surface area contributed by atoms with Gasteiger partial charge in [-0.3, -0.25) is 4.57 Å². The number of benzene rings is 1. The number of rotatable bonds is 2. The SMILES string of the molecule is COc1cc(C(F)(F)F)cc(-n2c(Br)nc(C)c2N)c1N. The molecule has 0 saturated carbocycles. The van der Waals surface area contributed by atoms with Crippen molar-refractivity contribution in [3.8, 4) is 11.4 Å². The van der Waals surface area contributed by atoms with Crippen molar-refractivity contribution in [1.29, 1.82) is 0 Å². The Morgan fingerprint density at radius 2 is 1.90 bits per heavy atom. The van der Waals surface area contributed by atoms with Crippen molar-refractivity contribution in [2.45, 2.75) is 13.1 Å². The van der Waals surface area contributed by atoms with E-state index in [1.54, 1.807) is 6.92 Å². The second-order valence-electron chi connectivity index (χ2n) is 4.30. The Labute approximate surface area is 126 Å². The molecule has 0 amide bonds. The molecule has 2 aromatic rings. The smallest absolute Gasteiger partial charge is 0.416 e. The molecule has 0 aliphatic heterocycles. The highest BCUT2D eigenvalue weighted by Gasteiger charge is 2.33. The summed E-state index contributed by atoms with van der Waals surface area (Å²) < 4.78 is 45.4. The number of imidazole rings is 1. The first kappa shape index (κ1) is 15.5. The average molecular weight is 365 g/mol. The summed E-state index contributed by atoms with van der Waals surface area (Å²) in [5, 5.41) is 0. The Kier molecular flexibility index (Phi) is 3.79. The fourth-order valence-electron chi connectivity index (χ4n) is 1.87. The minimum atomic E-state index is -4.54. The summed E-state index contributed by atoms with van der Waals surface area (Å²) in [6, 6.07) is 1.74. The molecule has 0 saturated heterocycles. The number of anilines is 2. The van der Waals surface area contributed by atoms with Crippen molar-refractivity contribution in [3.05, 3.63) is 28.1 Å². The monoisotopic (exact) mass is 364 g/mol. The molecule has 0 bridgehead atoms. The van der Waals surface area contributed by atoms with Gasteiger partial charge in [0.1, 0.15) is 11.6 Å². The van der Waals surface area contributed by atoms with Crippen molar-refractivity contribution in [2.24, 2.45) is 0 Å². The molecule has 0 spiro atoms. The van der Waals surface area contributed by atoms with Gasteiger partial charge < -0.3 is 16.2 Å². The Morgan fingerprint density at radius 1 is 1.29 bits per heavy atom. The molecule has 0 aliphatic rings. The van der Waals surface area contributed by atoms with E-state index in [-0.39, 0.29) is 27.7 Å². The second-order valence-corrected chi connectivity index (χ2v) is 5.01. The molecule has 5 nitrogen and oxygen atoms in total. The number of hydrogen-bond acceptors (Lipinski definition) is 4. The van der Waals surface area contributed by atoms with Crippen LogP contribution in [0.1, 0.15) is 11.3 Å². The van der Waals surface area contributed by atoms with Crippen LogP contribution in [-0.4, -0.2) is 16.7 Å². The minimum Gasteiger partial charge on any atom is -0.495 e. The lowest BCUT2D eigenvalue weighted by Crippen LogP contribution is -2.11. The van der Waals surface area contributed by atoms with Crippen LogP contribution < -0.4 is 16.2 Å². The van der Waals surface area contributed by atoms with Gasteiger partial charge in [-0.15, -0.1) is 0 Å². The molecule has 0 unspecified atom stereocenters. The molecule has 114 valence electrons. The fraction of sp³-hybridized carbons (Fsp3) is 0.250. The molecule has 0 radical (unpaired) electrons. The average Bonchev–Trinajstić information content (AvgIpc) is 2.63. The molecule has 4 N–H and O–H groups in total. The van der Waals surface area contributed by atoms with Crippen molar-refractivity contribution in [3.63, 3.8) is 0 Å². The van der Waals surface area contributed by atoms with Crippen LogP contribution in [0.5, 0.6) is 5.75 Å². The summed E-state index contributed by atoms with van der Waals surface area (Å²) >= 11 is 3.15. The Morgan fingerprint density at radius 3 is 2.33 bits per heavy atom. The molecule has 1 heterocycles. The van der Waals surface area contributed by atoms with Crippen LogP contribution in [0.4, 0.5) is 24.7 Å². The summed E-state index contributed by atoms with van der Waals surface area (Å²) in [4.78, 5) is 4.05. The van der Waals surface area contributed by atoms with Crippen LogP contribution in [0.3, 0.4) is 0 Å². The van der Waals surface area contributed by atoms with E-state index >= 15 is 0 Å². The lowest BCUT2D eigenvalue weighted by Gasteiger charge is -2.16. The van der Waals surface area contributed by atoms with Crippen LogP contribution in [0.2, 0.25) is 0 Å². The van der Waals surface area contributed by atoms with Crippen molar-refractivity contribution in [2.75, 3.05) is 18.6 Å². The van der Waals surface area contributed by atoms with E-state index in [1.807, 2.05) is 0 Å². The van der Waals surface area contributed by atoms with Crippen molar-refractivity contribution < 1.29 is 17.9 Å². The van der Waals surface area contributed by atoms with Gasteiger partial charge >= 0.3 is 6.18 Å². The quantitative estimate of drug-likeness (QED) is 0.802. The zero-order chi connectivity index (χ0) is 15.9. The zero-order valence-electron chi connectivity index (χ0n) is 11.1. The Balaban J connectivity index is 2.79. The molecule has 21 heavy (non-hydrogen) atoms. The molecular weight excluding hydrogens is 353 g/mol. The van der Waals surface area contributed by atoms with E-state index in [1.165, 1.54) is 11.7 Å². The number of nitrogen functional groups attached to an aromatic ring is 2. The van der Waals surface area contributed by atoms with Crippen molar-refractivity contribution >= 4 is 27.4 Å². The molecule has 1 aromatic heterocycles. The summed E-state index contributed by atoms with van der Waals surface area (Å²) in [5.74, 6) is 0.104. The number of halogens is 4. The highest BCUT2D eigenvalue weighted by Crippen LogP contribution is 2.39. The van der Waals surface area contributed by atoms with Crippen LogP contribution in [0.25, 0.3) is 5.69 Å². The van der Waals surface area contributed by atoms with Gasteiger partial charge in [0.05, 0.1) is 29.7 Å². The van der Waals surface area contributed by atoms with E-state index in [0.717, 1.165) is 12.1 Å². The number of nitrogens with two attached hydrogens (primary N) is 2. The first-order valence-corrected chi connectivity index (χ1v) is 6.51. The lowest BCUT2D eigenvalue weighted by atomic mass is 10.1. The summed E-state index contributed by atoms with van der Waals surface area (Å²) in [6.45, 7) is 1.64. The third-order valence-electron chi connectivity index (χ3n) is 2.96. The number of aryl methyl sites for hydroxylation is 1. The minimum absolute atomic E-state index is 0.0373. The molecule has 2 rings (SSSR count). The van der Waals surface area contributed by atoms with Crippen LogP contribution >= 0.6 is 15.9 Å². The van der Waals surface area contributed by atoms with Gasteiger partial charge in [0.25, 0.3) is 0 Å². The number of methoxy groups -OCH3 is 1. The summed E-state index contributed by atoms with van der Waals surface area (Å²) in [7, 11) is 1.24. The molecule has 9 heteroatoms. The number of hydrogen-bond donors (Lipinski definition) is 2. The first-order valence-electron chi connectivity index (χ1n) is 5.72. The van der Waals surface area contributed by atoms with Crippen LogP contribution in [-0.2, 0) is 6.18 Å². The van der Waals surface area contributed by atoms with Gasteiger partial charge in [0.2, 0.25) is 0 Å². The van der Waals surface area contributed by atoms with E-state index < -0.39 is 11.7 Å². The highest BCUT2D eigenvalue weighted by molar-refractivity contribution is 9.10. The molecule has 0 aliphatic carbocycles. The number of aromatic nitrogens is 2. The van der Waals surface area contributed by atoms with Gasteiger partial charge in [-0.1, -0.05) is 0 Å². The normalized spacial score (nSPS) is 11.7. The molecule has 1 aromatic carbocycles. The molecular formula is C12H12BrF3N4O. The zero-order valence-corrected chi connectivity index (χ0v) is 12.7. The van der Waals surface area contributed by atoms with E-state index in [2.05, 4.69) is 20.9 Å². The standard InChI is InChI=1S/C12H12BrF3N4O/c1-5-10(18)20(11(13)19-5)7-3-6(12(14,15)16)4-8(21-2)9(7)17/h3-4H,17-18H2,1-2H3. The number of alkyl halides is 3. The molecule has 0 atom stereocenters. The van der Waals surface area contributed by atoms with Gasteiger partial charge in [0, 0.05) is 0 Å². The van der Waals surface area contributed by atoms with E-state index in [0.29, 0.717) is 5.69 Å². The third-order valence-corrected chi connectivity index (χ3v) is 3.50. The summed E-state index contributed by atoms with van der Waals surface area (Å²) in [6.07, 6.45) is -4.54. The predicted molar refractivity (Wildman–Crippen MR) is 76.4 cm³/mol. The van der Waals surface area contributed by atoms with Gasteiger partial charge in [-0.2, -0.15) is 13.2 Å². The largest absolute Gasteiger partial charge is 0.495 e. The van der Waals surface area contributed by atoms with Gasteiger partial charge in [-0.05, 0) is 35.0 Å². The Hall–Kier alpha value is -1.90. The highest BCUT2D eigenvalue weighted by atomic mass is 79.9. The fourth-order valence-corrected chi connectivity index (χ4v) is 2.51. The third kappa shape index (κ3) is 2.65. The second kappa shape index (κ2) is 5.14. The maximum Gasteiger partial charge on any atom is 0.416 e. The summed E-state index contributed by atoms with van der Waals surface area (Å²) in [5.41, 5.74) is 11.4. The predicted octanol–water partition coefficient (Wildman–Crippen LogP) is 3.14. The molecule has 0 fully saturated rings. The first-order chi connectivity index (χ1) is 9.66. The van der Waals surface area contributed by atoms with Crippen molar-refractivity contribution in [1.82, 2.24) is 9.55 Å².